The normalized spacial score (nSPS) is 20.6. The average molecular weight is 239 g/mol. The van der Waals surface area contributed by atoms with E-state index >= 15 is 0 Å². The Morgan fingerprint density at radius 2 is 2.12 bits per heavy atom. The first kappa shape index (κ1) is 11.7. The summed E-state index contributed by atoms with van der Waals surface area (Å²) >= 11 is 6.06. The van der Waals surface area contributed by atoms with Crippen molar-refractivity contribution < 1.29 is 0 Å². The second-order valence-electron chi connectivity index (χ2n) is 4.94. The van der Waals surface area contributed by atoms with Gasteiger partial charge in [0.05, 0.1) is 0 Å². The maximum atomic E-state index is 6.06. The SMILES string of the molecule is CC1(C)CCNCCN1c1cccc(Cl)c1. The molecule has 3 heteroatoms. The summed E-state index contributed by atoms with van der Waals surface area (Å²) in [6.07, 6.45) is 1.15. The molecule has 1 N–H and O–H groups in total. The van der Waals surface area contributed by atoms with Gasteiger partial charge >= 0.3 is 0 Å². The highest BCUT2D eigenvalue weighted by Gasteiger charge is 2.28. The van der Waals surface area contributed by atoms with Gasteiger partial charge in [-0.05, 0) is 45.0 Å². The Kier molecular flexibility index (Phi) is 3.41. The van der Waals surface area contributed by atoms with Gasteiger partial charge in [-0.2, -0.15) is 0 Å². The van der Waals surface area contributed by atoms with Gasteiger partial charge in [0.25, 0.3) is 0 Å². The quantitative estimate of drug-likeness (QED) is 0.810. The van der Waals surface area contributed by atoms with Crippen molar-refractivity contribution in [1.29, 1.82) is 0 Å². The lowest BCUT2D eigenvalue weighted by Crippen LogP contribution is -2.44. The summed E-state index contributed by atoms with van der Waals surface area (Å²) in [6, 6.07) is 8.13. The van der Waals surface area contributed by atoms with E-state index in [9.17, 15) is 0 Å². The van der Waals surface area contributed by atoms with Gasteiger partial charge in [-0.1, -0.05) is 17.7 Å². The number of anilines is 1. The van der Waals surface area contributed by atoms with Crippen LogP contribution < -0.4 is 10.2 Å². The third-order valence-electron chi connectivity index (χ3n) is 3.28. The lowest BCUT2D eigenvalue weighted by atomic mass is 9.98. The molecule has 0 aromatic heterocycles. The zero-order valence-electron chi connectivity index (χ0n) is 9.96. The third kappa shape index (κ3) is 2.50. The summed E-state index contributed by atoms with van der Waals surface area (Å²) in [4.78, 5) is 2.44. The van der Waals surface area contributed by atoms with Gasteiger partial charge in [0.2, 0.25) is 0 Å². The van der Waals surface area contributed by atoms with Crippen molar-refractivity contribution in [3.05, 3.63) is 29.3 Å². The van der Waals surface area contributed by atoms with Crippen molar-refractivity contribution in [3.8, 4) is 0 Å². The molecule has 1 heterocycles. The summed E-state index contributed by atoms with van der Waals surface area (Å²) in [5.41, 5.74) is 1.41. The molecule has 1 fully saturated rings. The van der Waals surface area contributed by atoms with E-state index in [4.69, 9.17) is 11.6 Å². The maximum absolute atomic E-state index is 6.06. The highest BCUT2D eigenvalue weighted by atomic mass is 35.5. The Balaban J connectivity index is 2.29. The predicted molar refractivity (Wildman–Crippen MR) is 70.4 cm³/mol. The van der Waals surface area contributed by atoms with E-state index in [-0.39, 0.29) is 5.54 Å². The Hall–Kier alpha value is -0.730. The molecule has 16 heavy (non-hydrogen) atoms. The van der Waals surface area contributed by atoms with Crippen LogP contribution in [0.5, 0.6) is 0 Å². The largest absolute Gasteiger partial charge is 0.365 e. The molecule has 0 spiro atoms. The molecule has 0 saturated carbocycles. The molecule has 1 aromatic carbocycles. The molecule has 0 radical (unpaired) electrons. The summed E-state index contributed by atoms with van der Waals surface area (Å²) in [5.74, 6) is 0. The fourth-order valence-corrected chi connectivity index (χ4v) is 2.45. The number of nitrogens with one attached hydrogen (secondary N) is 1. The van der Waals surface area contributed by atoms with Crippen LogP contribution >= 0.6 is 11.6 Å². The van der Waals surface area contributed by atoms with Gasteiger partial charge in [0.15, 0.2) is 0 Å². The number of nitrogens with zero attached hydrogens (tertiary/aromatic N) is 1. The number of rotatable bonds is 1. The molecular weight excluding hydrogens is 220 g/mol. The van der Waals surface area contributed by atoms with Crippen LogP contribution in [0.3, 0.4) is 0 Å². The maximum Gasteiger partial charge on any atom is 0.0426 e. The molecule has 0 atom stereocenters. The van der Waals surface area contributed by atoms with Gasteiger partial charge in [-0.3, -0.25) is 0 Å². The van der Waals surface area contributed by atoms with Crippen molar-refractivity contribution in [1.82, 2.24) is 5.32 Å². The van der Waals surface area contributed by atoms with E-state index in [0.29, 0.717) is 0 Å². The Morgan fingerprint density at radius 3 is 2.88 bits per heavy atom. The van der Waals surface area contributed by atoms with Gasteiger partial charge in [0, 0.05) is 29.3 Å². The highest BCUT2D eigenvalue weighted by molar-refractivity contribution is 6.30. The molecule has 0 amide bonds. The Labute approximate surface area is 103 Å². The zero-order chi connectivity index (χ0) is 11.6. The smallest absolute Gasteiger partial charge is 0.0426 e. The minimum atomic E-state index is 0.189. The fourth-order valence-electron chi connectivity index (χ4n) is 2.27. The minimum absolute atomic E-state index is 0.189. The van der Waals surface area contributed by atoms with Crippen molar-refractivity contribution in [3.63, 3.8) is 0 Å². The predicted octanol–water partition coefficient (Wildman–Crippen LogP) is 2.92. The minimum Gasteiger partial charge on any atom is -0.365 e. The molecule has 1 aromatic rings. The van der Waals surface area contributed by atoms with Crippen LogP contribution in [0.1, 0.15) is 20.3 Å². The molecule has 1 aliphatic rings. The molecule has 88 valence electrons. The average Bonchev–Trinajstić information content (AvgIpc) is 2.39. The zero-order valence-corrected chi connectivity index (χ0v) is 10.7. The molecule has 2 nitrogen and oxygen atoms in total. The summed E-state index contributed by atoms with van der Waals surface area (Å²) in [7, 11) is 0. The Bertz CT molecular complexity index is 363. The van der Waals surface area contributed by atoms with Crippen molar-refractivity contribution in [2.24, 2.45) is 0 Å². The lowest BCUT2D eigenvalue weighted by molar-refractivity contribution is 0.454. The van der Waals surface area contributed by atoms with Gasteiger partial charge in [-0.15, -0.1) is 0 Å². The van der Waals surface area contributed by atoms with Gasteiger partial charge in [-0.25, -0.2) is 0 Å². The number of benzene rings is 1. The van der Waals surface area contributed by atoms with E-state index < -0.39 is 0 Å². The summed E-state index contributed by atoms with van der Waals surface area (Å²) < 4.78 is 0. The lowest BCUT2D eigenvalue weighted by Gasteiger charge is -2.39. The second-order valence-corrected chi connectivity index (χ2v) is 5.38. The van der Waals surface area contributed by atoms with E-state index in [2.05, 4.69) is 36.2 Å². The topological polar surface area (TPSA) is 15.3 Å². The standard InChI is InChI=1S/C13H19ClN2/c1-13(2)6-7-15-8-9-16(13)12-5-3-4-11(14)10-12/h3-5,10,15H,6-9H2,1-2H3. The van der Waals surface area contributed by atoms with Crippen molar-refractivity contribution in [2.75, 3.05) is 24.5 Å². The summed E-state index contributed by atoms with van der Waals surface area (Å²) in [6.45, 7) is 7.75. The molecule has 1 aliphatic heterocycles. The van der Waals surface area contributed by atoms with Crippen LogP contribution in [0.25, 0.3) is 0 Å². The van der Waals surface area contributed by atoms with Gasteiger partial charge in [0.1, 0.15) is 0 Å². The molecule has 0 bridgehead atoms. The number of halogens is 1. The van der Waals surface area contributed by atoms with Crippen LogP contribution in [0.2, 0.25) is 5.02 Å². The molecule has 0 unspecified atom stereocenters. The third-order valence-corrected chi connectivity index (χ3v) is 3.51. The van der Waals surface area contributed by atoms with Crippen molar-refractivity contribution >= 4 is 17.3 Å². The van der Waals surface area contributed by atoms with Crippen molar-refractivity contribution in [2.45, 2.75) is 25.8 Å². The first-order chi connectivity index (χ1) is 7.59. The highest BCUT2D eigenvalue weighted by Crippen LogP contribution is 2.28. The molecule has 1 saturated heterocycles. The number of hydrogen-bond acceptors (Lipinski definition) is 2. The van der Waals surface area contributed by atoms with Crippen LogP contribution in [0.15, 0.2) is 24.3 Å². The molecule has 2 rings (SSSR count). The van der Waals surface area contributed by atoms with Gasteiger partial charge < -0.3 is 10.2 Å². The van der Waals surface area contributed by atoms with Crippen LogP contribution in [-0.4, -0.2) is 25.2 Å². The van der Waals surface area contributed by atoms with Crippen LogP contribution in [0.4, 0.5) is 5.69 Å². The van der Waals surface area contributed by atoms with E-state index in [1.165, 1.54) is 5.69 Å². The van der Waals surface area contributed by atoms with E-state index in [0.717, 1.165) is 31.1 Å². The van der Waals surface area contributed by atoms with E-state index in [1.807, 2.05) is 12.1 Å². The Morgan fingerprint density at radius 1 is 1.31 bits per heavy atom. The van der Waals surface area contributed by atoms with E-state index in [1.54, 1.807) is 0 Å². The van der Waals surface area contributed by atoms with Crippen LogP contribution in [-0.2, 0) is 0 Å². The fraction of sp³-hybridized carbons (Fsp3) is 0.538. The number of hydrogen-bond donors (Lipinski definition) is 1. The van der Waals surface area contributed by atoms with Crippen LogP contribution in [0, 0.1) is 0 Å². The summed E-state index contributed by atoms with van der Waals surface area (Å²) in [5, 5.41) is 4.25. The first-order valence-electron chi connectivity index (χ1n) is 5.83. The molecular formula is C13H19ClN2. The second kappa shape index (κ2) is 4.64. The molecule has 0 aliphatic carbocycles. The monoisotopic (exact) mass is 238 g/mol. The first-order valence-corrected chi connectivity index (χ1v) is 6.21.